The Hall–Kier alpha value is -3.42. The third-order valence-corrected chi connectivity index (χ3v) is 4.88. The molecule has 200 valence electrons. The molecular formula is C21H39N7O7. The van der Waals surface area contributed by atoms with E-state index in [1.165, 1.54) is 0 Å². The van der Waals surface area contributed by atoms with Crippen LogP contribution in [-0.2, 0) is 24.0 Å². The predicted octanol–water partition coefficient (Wildman–Crippen LogP) is -1.92. The Morgan fingerprint density at radius 2 is 1.43 bits per heavy atom. The predicted molar refractivity (Wildman–Crippen MR) is 128 cm³/mol. The Bertz CT molecular complexity index is 782. The van der Waals surface area contributed by atoms with Crippen LogP contribution >= 0.6 is 0 Å². The van der Waals surface area contributed by atoms with Gasteiger partial charge in [-0.15, -0.1) is 0 Å². The van der Waals surface area contributed by atoms with E-state index in [1.54, 1.807) is 13.8 Å². The SMILES string of the molecule is CC(C)CC(NC(=O)C(NC(=O)C(N)CC(=O)O)C(C)C)C(=O)NC(CCCN=C(N)N)C(=O)O. The number of carboxylic acid groups (broad SMARTS) is 2. The van der Waals surface area contributed by atoms with E-state index in [-0.39, 0.29) is 31.3 Å². The van der Waals surface area contributed by atoms with Crippen molar-refractivity contribution < 1.29 is 34.2 Å². The maximum atomic E-state index is 12.9. The zero-order valence-corrected chi connectivity index (χ0v) is 20.6. The highest BCUT2D eigenvalue weighted by Gasteiger charge is 2.32. The lowest BCUT2D eigenvalue weighted by atomic mass is 9.99. The largest absolute Gasteiger partial charge is 0.481 e. The first-order valence-electron chi connectivity index (χ1n) is 11.3. The van der Waals surface area contributed by atoms with Crippen molar-refractivity contribution in [2.45, 2.75) is 77.5 Å². The number of aliphatic imine (C=N–C) groups is 1. The maximum Gasteiger partial charge on any atom is 0.326 e. The van der Waals surface area contributed by atoms with Gasteiger partial charge in [0.2, 0.25) is 17.7 Å². The van der Waals surface area contributed by atoms with Crippen LogP contribution in [0.3, 0.4) is 0 Å². The summed E-state index contributed by atoms with van der Waals surface area (Å²) in [5.74, 6) is -5.30. The molecule has 4 unspecified atom stereocenters. The van der Waals surface area contributed by atoms with E-state index in [0.29, 0.717) is 6.42 Å². The molecule has 0 aliphatic rings. The molecule has 0 aromatic carbocycles. The normalized spacial score (nSPS) is 14.4. The van der Waals surface area contributed by atoms with Gasteiger partial charge in [-0.2, -0.15) is 0 Å². The van der Waals surface area contributed by atoms with Crippen molar-refractivity contribution in [2.75, 3.05) is 6.54 Å². The topological polar surface area (TPSA) is 252 Å². The summed E-state index contributed by atoms with van der Waals surface area (Å²) in [5.41, 5.74) is 16.0. The molecule has 0 fully saturated rings. The molecule has 0 radical (unpaired) electrons. The summed E-state index contributed by atoms with van der Waals surface area (Å²) in [4.78, 5) is 64.2. The smallest absolute Gasteiger partial charge is 0.326 e. The summed E-state index contributed by atoms with van der Waals surface area (Å²) in [6.45, 7) is 7.14. The second-order valence-corrected chi connectivity index (χ2v) is 8.97. The number of rotatable bonds is 16. The number of hydrogen-bond donors (Lipinski definition) is 8. The van der Waals surface area contributed by atoms with Crippen LogP contribution in [0.4, 0.5) is 0 Å². The maximum absolute atomic E-state index is 12.9. The van der Waals surface area contributed by atoms with Crippen molar-refractivity contribution in [3.05, 3.63) is 0 Å². The lowest BCUT2D eigenvalue weighted by Crippen LogP contribution is -2.58. The molecule has 0 saturated carbocycles. The lowest BCUT2D eigenvalue weighted by Gasteiger charge is -2.27. The summed E-state index contributed by atoms with van der Waals surface area (Å²) >= 11 is 0. The number of carbonyl (C=O) groups excluding carboxylic acids is 3. The number of hydrogen-bond acceptors (Lipinski definition) is 7. The fourth-order valence-corrected chi connectivity index (χ4v) is 3.07. The van der Waals surface area contributed by atoms with E-state index in [1.807, 2.05) is 13.8 Å². The molecule has 0 saturated heterocycles. The van der Waals surface area contributed by atoms with Crippen molar-refractivity contribution in [1.82, 2.24) is 16.0 Å². The van der Waals surface area contributed by atoms with Gasteiger partial charge in [-0.3, -0.25) is 24.2 Å². The standard InChI is InChI=1S/C21H39N7O7/c1-10(2)8-14(18(32)26-13(20(34)35)6-5-7-25-21(23)24)27-19(33)16(11(3)4)28-17(31)12(22)9-15(29)30/h10-14,16H,5-9,22H2,1-4H3,(H,26,32)(H,27,33)(H,28,31)(H,29,30)(H,34,35)(H4,23,24,25). The second-order valence-electron chi connectivity index (χ2n) is 8.97. The van der Waals surface area contributed by atoms with E-state index >= 15 is 0 Å². The number of amides is 3. The Morgan fingerprint density at radius 3 is 1.89 bits per heavy atom. The molecule has 0 aromatic heterocycles. The average Bonchev–Trinajstić information content (AvgIpc) is 2.71. The Morgan fingerprint density at radius 1 is 0.857 bits per heavy atom. The molecule has 0 spiro atoms. The van der Waals surface area contributed by atoms with Crippen molar-refractivity contribution in [3.63, 3.8) is 0 Å². The summed E-state index contributed by atoms with van der Waals surface area (Å²) in [5, 5.41) is 25.7. The van der Waals surface area contributed by atoms with Crippen molar-refractivity contribution in [2.24, 2.45) is 34.0 Å². The summed E-state index contributed by atoms with van der Waals surface area (Å²) < 4.78 is 0. The summed E-state index contributed by atoms with van der Waals surface area (Å²) in [6, 6.07) is -4.75. The van der Waals surface area contributed by atoms with E-state index in [2.05, 4.69) is 20.9 Å². The molecule has 0 bridgehead atoms. The van der Waals surface area contributed by atoms with Gasteiger partial charge in [-0.1, -0.05) is 27.7 Å². The van der Waals surface area contributed by atoms with Crippen molar-refractivity contribution >= 4 is 35.6 Å². The average molecular weight is 502 g/mol. The van der Waals surface area contributed by atoms with Crippen LogP contribution in [0.5, 0.6) is 0 Å². The van der Waals surface area contributed by atoms with Gasteiger partial charge in [0.1, 0.15) is 18.1 Å². The van der Waals surface area contributed by atoms with Crippen LogP contribution in [0.15, 0.2) is 4.99 Å². The number of nitrogens with one attached hydrogen (secondary N) is 3. The van der Waals surface area contributed by atoms with Crippen LogP contribution in [-0.4, -0.2) is 76.5 Å². The molecule has 0 aliphatic carbocycles. The number of carbonyl (C=O) groups is 5. The minimum absolute atomic E-state index is 0.0349. The minimum Gasteiger partial charge on any atom is -0.481 e. The zero-order valence-electron chi connectivity index (χ0n) is 20.6. The monoisotopic (exact) mass is 501 g/mol. The van der Waals surface area contributed by atoms with Crippen LogP contribution in [0, 0.1) is 11.8 Å². The zero-order chi connectivity index (χ0) is 27.3. The number of nitrogens with zero attached hydrogens (tertiary/aromatic N) is 1. The van der Waals surface area contributed by atoms with E-state index < -0.39 is 66.2 Å². The van der Waals surface area contributed by atoms with Gasteiger partial charge in [-0.05, 0) is 31.1 Å². The van der Waals surface area contributed by atoms with Crippen molar-refractivity contribution in [1.29, 1.82) is 0 Å². The Balaban J connectivity index is 5.41. The van der Waals surface area contributed by atoms with Crippen LogP contribution < -0.4 is 33.2 Å². The highest BCUT2D eigenvalue weighted by Crippen LogP contribution is 2.10. The van der Waals surface area contributed by atoms with E-state index in [9.17, 15) is 29.1 Å². The molecule has 3 amide bonds. The van der Waals surface area contributed by atoms with Gasteiger partial charge >= 0.3 is 11.9 Å². The number of carboxylic acids is 2. The molecule has 0 heterocycles. The van der Waals surface area contributed by atoms with Gasteiger partial charge < -0.3 is 43.4 Å². The lowest BCUT2D eigenvalue weighted by molar-refractivity contribution is -0.142. The van der Waals surface area contributed by atoms with Crippen LogP contribution in [0.2, 0.25) is 0 Å². The number of aliphatic carboxylic acids is 2. The Kier molecular flexibility index (Phi) is 14.0. The molecule has 35 heavy (non-hydrogen) atoms. The Labute approximate surface area is 204 Å². The quantitative estimate of drug-likeness (QED) is 0.0661. The first-order chi connectivity index (χ1) is 16.1. The fourth-order valence-electron chi connectivity index (χ4n) is 3.07. The first-order valence-corrected chi connectivity index (χ1v) is 11.3. The molecule has 14 heteroatoms. The minimum atomic E-state index is -1.36. The molecule has 14 nitrogen and oxygen atoms in total. The van der Waals surface area contributed by atoms with Gasteiger partial charge in [0.25, 0.3) is 0 Å². The molecule has 0 aromatic rings. The molecule has 0 aliphatic heterocycles. The fraction of sp³-hybridized carbons (Fsp3) is 0.714. The van der Waals surface area contributed by atoms with Crippen molar-refractivity contribution in [3.8, 4) is 0 Å². The van der Waals surface area contributed by atoms with Gasteiger partial charge in [0, 0.05) is 6.54 Å². The molecular weight excluding hydrogens is 462 g/mol. The highest BCUT2D eigenvalue weighted by molar-refractivity contribution is 5.94. The third kappa shape index (κ3) is 13.2. The number of nitrogens with two attached hydrogens (primary N) is 3. The summed E-state index contributed by atoms with van der Waals surface area (Å²) in [7, 11) is 0. The molecule has 0 rings (SSSR count). The molecule has 4 atom stereocenters. The van der Waals surface area contributed by atoms with Gasteiger partial charge in [0.15, 0.2) is 5.96 Å². The third-order valence-electron chi connectivity index (χ3n) is 4.88. The van der Waals surface area contributed by atoms with Crippen LogP contribution in [0.25, 0.3) is 0 Å². The summed E-state index contributed by atoms with van der Waals surface area (Å²) in [6.07, 6.45) is -0.0492. The van der Waals surface area contributed by atoms with Gasteiger partial charge in [0.05, 0.1) is 12.5 Å². The highest BCUT2D eigenvalue weighted by atomic mass is 16.4. The van der Waals surface area contributed by atoms with E-state index in [0.717, 1.165) is 0 Å². The molecule has 11 N–H and O–H groups in total. The second kappa shape index (κ2) is 15.5. The van der Waals surface area contributed by atoms with Crippen LogP contribution in [0.1, 0.15) is 53.4 Å². The first kappa shape index (κ1) is 31.6. The number of guanidine groups is 1. The van der Waals surface area contributed by atoms with Gasteiger partial charge in [-0.25, -0.2) is 4.79 Å². The van der Waals surface area contributed by atoms with E-state index in [4.69, 9.17) is 22.3 Å².